The Balaban J connectivity index is 2.47. The Morgan fingerprint density at radius 3 is 2.60 bits per heavy atom. The van der Waals surface area contributed by atoms with E-state index in [-0.39, 0.29) is 22.9 Å². The van der Waals surface area contributed by atoms with E-state index >= 15 is 0 Å². The molecule has 2 aromatic carbocycles. The van der Waals surface area contributed by atoms with E-state index in [2.05, 4.69) is 5.16 Å². The van der Waals surface area contributed by atoms with Crippen LogP contribution < -0.4 is 10.5 Å². The fraction of sp³-hybridized carbons (Fsp3) is 0.0714. The van der Waals surface area contributed by atoms with Crippen molar-refractivity contribution in [3.8, 4) is 11.5 Å². The number of oxime groups is 1. The highest BCUT2D eigenvalue weighted by atomic mass is 19.1. The minimum absolute atomic E-state index is 0.171. The van der Waals surface area contributed by atoms with Crippen molar-refractivity contribution < 1.29 is 18.7 Å². The van der Waals surface area contributed by atoms with Gasteiger partial charge in [-0.25, -0.2) is 8.78 Å². The molecule has 2 aromatic rings. The molecule has 0 amide bonds. The van der Waals surface area contributed by atoms with Crippen molar-refractivity contribution in [2.45, 2.75) is 6.92 Å². The molecular formula is C14H12F2N2O2. The smallest absolute Gasteiger partial charge is 0.173 e. The highest BCUT2D eigenvalue weighted by Crippen LogP contribution is 2.29. The minimum atomic E-state index is -0.710. The molecule has 0 aliphatic carbocycles. The summed E-state index contributed by atoms with van der Waals surface area (Å²) in [7, 11) is 0. The lowest BCUT2D eigenvalue weighted by Crippen LogP contribution is -2.14. The first-order valence-corrected chi connectivity index (χ1v) is 5.72. The van der Waals surface area contributed by atoms with Gasteiger partial charge in [-0.05, 0) is 36.8 Å². The van der Waals surface area contributed by atoms with Crippen molar-refractivity contribution in [2.75, 3.05) is 0 Å². The second kappa shape index (κ2) is 5.56. The van der Waals surface area contributed by atoms with Crippen LogP contribution in [0.5, 0.6) is 11.5 Å². The number of nitrogens with zero attached hydrogens (tertiary/aromatic N) is 1. The second-order valence-corrected chi connectivity index (χ2v) is 4.16. The average Bonchev–Trinajstić information content (AvgIpc) is 2.42. The molecule has 0 aromatic heterocycles. The maximum Gasteiger partial charge on any atom is 0.173 e. The maximum absolute atomic E-state index is 13.6. The topological polar surface area (TPSA) is 67.8 Å². The normalized spacial score (nSPS) is 11.4. The van der Waals surface area contributed by atoms with Gasteiger partial charge in [-0.15, -0.1) is 0 Å². The fourth-order valence-corrected chi connectivity index (χ4v) is 1.65. The van der Waals surface area contributed by atoms with Gasteiger partial charge < -0.3 is 15.7 Å². The summed E-state index contributed by atoms with van der Waals surface area (Å²) < 4.78 is 32.0. The summed E-state index contributed by atoms with van der Waals surface area (Å²) in [6, 6.07) is 7.75. The molecule has 0 saturated heterocycles. The molecule has 104 valence electrons. The first-order valence-electron chi connectivity index (χ1n) is 5.72. The molecular weight excluding hydrogens is 266 g/mol. The van der Waals surface area contributed by atoms with E-state index < -0.39 is 11.6 Å². The number of amidine groups is 1. The first kappa shape index (κ1) is 13.8. The summed E-state index contributed by atoms with van der Waals surface area (Å²) in [6.07, 6.45) is 0. The fourth-order valence-electron chi connectivity index (χ4n) is 1.65. The van der Waals surface area contributed by atoms with Crippen LogP contribution in [0.1, 0.15) is 11.1 Å². The molecule has 6 heteroatoms. The third-order valence-electron chi connectivity index (χ3n) is 2.63. The summed E-state index contributed by atoms with van der Waals surface area (Å²) in [5.41, 5.74) is 6.62. The molecule has 0 radical (unpaired) electrons. The lowest BCUT2D eigenvalue weighted by atomic mass is 10.1. The van der Waals surface area contributed by atoms with E-state index in [0.717, 1.165) is 23.8 Å². The van der Waals surface area contributed by atoms with Gasteiger partial charge in [0.2, 0.25) is 0 Å². The zero-order valence-corrected chi connectivity index (χ0v) is 10.6. The number of benzene rings is 2. The molecule has 0 bridgehead atoms. The van der Waals surface area contributed by atoms with Crippen molar-refractivity contribution in [1.82, 2.24) is 0 Å². The molecule has 0 aliphatic rings. The second-order valence-electron chi connectivity index (χ2n) is 4.16. The van der Waals surface area contributed by atoms with Crippen LogP contribution in [0, 0.1) is 18.6 Å². The molecule has 4 nitrogen and oxygen atoms in total. The van der Waals surface area contributed by atoms with Gasteiger partial charge in [0, 0.05) is 6.07 Å². The van der Waals surface area contributed by atoms with Gasteiger partial charge in [0.1, 0.15) is 11.6 Å². The van der Waals surface area contributed by atoms with E-state index in [1.807, 2.05) is 0 Å². The van der Waals surface area contributed by atoms with E-state index in [9.17, 15) is 8.78 Å². The van der Waals surface area contributed by atoms with Gasteiger partial charge in [0.25, 0.3) is 0 Å². The Bertz CT molecular complexity index is 672. The van der Waals surface area contributed by atoms with E-state index in [1.54, 1.807) is 25.1 Å². The monoisotopic (exact) mass is 278 g/mol. The number of hydrogen-bond acceptors (Lipinski definition) is 3. The van der Waals surface area contributed by atoms with E-state index in [4.69, 9.17) is 15.7 Å². The number of aryl methyl sites for hydroxylation is 1. The minimum Gasteiger partial charge on any atom is -0.453 e. The molecule has 3 N–H and O–H groups in total. The lowest BCUT2D eigenvalue weighted by molar-refractivity contribution is 0.318. The number of nitrogens with two attached hydrogens (primary N) is 1. The van der Waals surface area contributed by atoms with Crippen LogP contribution in [0.15, 0.2) is 41.6 Å². The molecule has 0 spiro atoms. The summed E-state index contributed by atoms with van der Waals surface area (Å²) in [5.74, 6) is -1.62. The molecule has 0 fully saturated rings. The van der Waals surface area contributed by atoms with Gasteiger partial charge in [-0.3, -0.25) is 0 Å². The van der Waals surface area contributed by atoms with Crippen LogP contribution in [0.25, 0.3) is 0 Å². The average molecular weight is 278 g/mol. The number of hydrogen-bond donors (Lipinski definition) is 2. The Kier molecular flexibility index (Phi) is 3.84. The molecule has 0 unspecified atom stereocenters. The highest BCUT2D eigenvalue weighted by Gasteiger charge is 2.12. The lowest BCUT2D eigenvalue weighted by Gasteiger charge is -2.11. The van der Waals surface area contributed by atoms with Gasteiger partial charge in [0.15, 0.2) is 17.4 Å². The van der Waals surface area contributed by atoms with Crippen molar-refractivity contribution in [3.05, 3.63) is 59.2 Å². The van der Waals surface area contributed by atoms with Crippen LogP contribution in [0.4, 0.5) is 8.78 Å². The van der Waals surface area contributed by atoms with Gasteiger partial charge in [-0.1, -0.05) is 11.2 Å². The zero-order chi connectivity index (χ0) is 14.7. The van der Waals surface area contributed by atoms with E-state index in [0.29, 0.717) is 0 Å². The van der Waals surface area contributed by atoms with Crippen LogP contribution in [0.2, 0.25) is 0 Å². The van der Waals surface area contributed by atoms with Crippen molar-refractivity contribution >= 4 is 5.84 Å². The summed E-state index contributed by atoms with van der Waals surface area (Å²) >= 11 is 0. The van der Waals surface area contributed by atoms with E-state index in [1.165, 1.54) is 0 Å². The van der Waals surface area contributed by atoms with Gasteiger partial charge >= 0.3 is 0 Å². The number of ether oxygens (including phenoxy) is 1. The summed E-state index contributed by atoms with van der Waals surface area (Å²) in [5, 5.41) is 11.6. The van der Waals surface area contributed by atoms with Crippen molar-refractivity contribution in [3.63, 3.8) is 0 Å². The molecule has 0 saturated carbocycles. The third kappa shape index (κ3) is 2.85. The maximum atomic E-state index is 13.6. The molecule has 0 aliphatic heterocycles. The third-order valence-corrected chi connectivity index (χ3v) is 2.63. The Morgan fingerprint density at radius 1 is 1.15 bits per heavy atom. The van der Waals surface area contributed by atoms with Crippen molar-refractivity contribution in [2.24, 2.45) is 10.9 Å². The Labute approximate surface area is 114 Å². The Morgan fingerprint density at radius 2 is 1.90 bits per heavy atom. The largest absolute Gasteiger partial charge is 0.453 e. The molecule has 2 rings (SSSR count). The molecule has 0 heterocycles. The van der Waals surface area contributed by atoms with Crippen LogP contribution in [-0.2, 0) is 0 Å². The Hall–Kier alpha value is -2.63. The van der Waals surface area contributed by atoms with Gasteiger partial charge in [0.05, 0.1) is 5.56 Å². The SMILES string of the molecule is Cc1ccc(C(N)=NO)c(Oc2cc(F)ccc2F)c1. The zero-order valence-electron chi connectivity index (χ0n) is 10.6. The summed E-state index contributed by atoms with van der Waals surface area (Å²) in [6.45, 7) is 1.80. The van der Waals surface area contributed by atoms with Crippen LogP contribution in [-0.4, -0.2) is 11.0 Å². The number of rotatable bonds is 3. The summed E-state index contributed by atoms with van der Waals surface area (Å²) in [4.78, 5) is 0. The van der Waals surface area contributed by atoms with Crippen LogP contribution >= 0.6 is 0 Å². The van der Waals surface area contributed by atoms with Gasteiger partial charge in [-0.2, -0.15) is 0 Å². The predicted molar refractivity (Wildman–Crippen MR) is 70.1 cm³/mol. The first-order chi connectivity index (χ1) is 9.51. The predicted octanol–water partition coefficient (Wildman–Crippen LogP) is 3.16. The molecule has 0 atom stereocenters. The quantitative estimate of drug-likeness (QED) is 0.392. The standard InChI is InChI=1S/C14H12F2N2O2/c1-8-2-4-10(14(17)18-19)12(6-8)20-13-7-9(15)3-5-11(13)16/h2-7,19H,1H3,(H2,17,18). The molecule has 20 heavy (non-hydrogen) atoms. The number of halogens is 2. The van der Waals surface area contributed by atoms with Crippen molar-refractivity contribution in [1.29, 1.82) is 0 Å². The highest BCUT2D eigenvalue weighted by molar-refractivity contribution is 5.99. The van der Waals surface area contributed by atoms with Crippen LogP contribution in [0.3, 0.4) is 0 Å².